The van der Waals surface area contributed by atoms with Crippen molar-refractivity contribution in [2.45, 2.75) is 25.2 Å². The Morgan fingerprint density at radius 3 is 2.75 bits per heavy atom. The highest BCUT2D eigenvalue weighted by molar-refractivity contribution is 5.93. The van der Waals surface area contributed by atoms with Crippen LogP contribution < -0.4 is 0 Å². The molecule has 2 N–H and O–H groups in total. The molecule has 2 aromatic rings. The molecular formula is C13H13NO2. The fourth-order valence-corrected chi connectivity index (χ4v) is 2.04. The van der Waals surface area contributed by atoms with Gasteiger partial charge in [0.05, 0.1) is 5.56 Å². The fourth-order valence-electron chi connectivity index (χ4n) is 2.04. The van der Waals surface area contributed by atoms with E-state index < -0.39 is 5.97 Å². The van der Waals surface area contributed by atoms with Gasteiger partial charge in [0.25, 0.3) is 0 Å². The van der Waals surface area contributed by atoms with Crippen LogP contribution in [-0.4, -0.2) is 16.1 Å². The van der Waals surface area contributed by atoms with E-state index in [0.717, 1.165) is 10.9 Å². The minimum atomic E-state index is -0.879. The number of aromatic carboxylic acids is 1. The first kappa shape index (κ1) is 9.46. The van der Waals surface area contributed by atoms with Gasteiger partial charge in [0, 0.05) is 16.6 Å². The molecule has 0 radical (unpaired) electrons. The fraction of sp³-hybridized carbons (Fsp3) is 0.308. The third-order valence-electron chi connectivity index (χ3n) is 3.52. The minimum absolute atomic E-state index is 0.294. The van der Waals surface area contributed by atoms with E-state index in [-0.39, 0.29) is 0 Å². The monoisotopic (exact) mass is 215 g/mol. The smallest absolute Gasteiger partial charge is 0.335 e. The molecule has 82 valence electrons. The number of nitrogens with one attached hydrogen (secondary N) is 1. The van der Waals surface area contributed by atoms with E-state index in [1.165, 1.54) is 18.5 Å². The third-order valence-corrected chi connectivity index (χ3v) is 3.52. The van der Waals surface area contributed by atoms with Crippen LogP contribution in [0.3, 0.4) is 0 Å². The van der Waals surface area contributed by atoms with Crippen molar-refractivity contribution >= 4 is 16.9 Å². The summed E-state index contributed by atoms with van der Waals surface area (Å²) < 4.78 is 0. The van der Waals surface area contributed by atoms with Gasteiger partial charge >= 0.3 is 5.97 Å². The second kappa shape index (κ2) is 2.88. The molecule has 1 saturated carbocycles. The van der Waals surface area contributed by atoms with Gasteiger partial charge in [-0.1, -0.05) is 13.0 Å². The maximum atomic E-state index is 10.8. The summed E-state index contributed by atoms with van der Waals surface area (Å²) >= 11 is 0. The first-order valence-corrected chi connectivity index (χ1v) is 5.45. The van der Waals surface area contributed by atoms with E-state index in [1.807, 2.05) is 6.07 Å². The van der Waals surface area contributed by atoms with Crippen LogP contribution in [0.25, 0.3) is 10.9 Å². The number of H-pyrrole nitrogens is 1. The molecule has 1 heterocycles. The number of aromatic nitrogens is 1. The first-order chi connectivity index (χ1) is 7.58. The summed E-state index contributed by atoms with van der Waals surface area (Å²) in [6.45, 7) is 2.23. The van der Waals surface area contributed by atoms with Gasteiger partial charge in [-0.2, -0.15) is 0 Å². The summed E-state index contributed by atoms with van der Waals surface area (Å²) in [7, 11) is 0. The largest absolute Gasteiger partial charge is 0.478 e. The molecule has 3 nitrogen and oxygen atoms in total. The molecule has 3 heteroatoms. The molecule has 0 bridgehead atoms. The van der Waals surface area contributed by atoms with Crippen LogP contribution >= 0.6 is 0 Å². The third kappa shape index (κ3) is 1.32. The number of rotatable bonds is 2. The second-order valence-electron chi connectivity index (χ2n) is 4.85. The Morgan fingerprint density at radius 2 is 2.12 bits per heavy atom. The molecule has 0 saturated heterocycles. The maximum Gasteiger partial charge on any atom is 0.335 e. The predicted octanol–water partition coefficient (Wildman–Crippen LogP) is 2.92. The van der Waals surface area contributed by atoms with E-state index in [4.69, 9.17) is 5.11 Å². The van der Waals surface area contributed by atoms with Crippen molar-refractivity contribution in [1.82, 2.24) is 4.98 Å². The van der Waals surface area contributed by atoms with E-state index in [0.29, 0.717) is 11.0 Å². The lowest BCUT2D eigenvalue weighted by molar-refractivity contribution is 0.0697. The molecule has 0 unspecified atom stereocenters. The lowest BCUT2D eigenvalue weighted by Gasteiger charge is -2.02. The second-order valence-corrected chi connectivity index (χ2v) is 4.85. The number of fused-ring (bicyclic) bond motifs is 1. The molecular weight excluding hydrogens is 202 g/mol. The van der Waals surface area contributed by atoms with Crippen molar-refractivity contribution in [2.75, 3.05) is 0 Å². The molecule has 0 amide bonds. The Morgan fingerprint density at radius 1 is 1.38 bits per heavy atom. The average molecular weight is 215 g/mol. The maximum absolute atomic E-state index is 10.8. The molecule has 0 spiro atoms. The number of hydrogen-bond donors (Lipinski definition) is 2. The molecule has 0 aliphatic heterocycles. The van der Waals surface area contributed by atoms with Crippen LogP contribution in [0, 0.1) is 0 Å². The Bertz CT molecular complexity index is 579. The number of aromatic amines is 1. The number of carboxylic acids is 1. The van der Waals surface area contributed by atoms with Crippen LogP contribution in [0.5, 0.6) is 0 Å². The van der Waals surface area contributed by atoms with Crippen molar-refractivity contribution in [1.29, 1.82) is 0 Å². The number of hydrogen-bond acceptors (Lipinski definition) is 1. The Hall–Kier alpha value is -1.77. The van der Waals surface area contributed by atoms with Crippen LogP contribution in [0.1, 0.15) is 35.8 Å². The van der Waals surface area contributed by atoms with Gasteiger partial charge in [0.2, 0.25) is 0 Å². The minimum Gasteiger partial charge on any atom is -0.478 e. The van der Waals surface area contributed by atoms with Crippen molar-refractivity contribution in [3.63, 3.8) is 0 Å². The van der Waals surface area contributed by atoms with Gasteiger partial charge < -0.3 is 10.1 Å². The van der Waals surface area contributed by atoms with Crippen molar-refractivity contribution in [3.8, 4) is 0 Å². The first-order valence-electron chi connectivity index (χ1n) is 5.45. The van der Waals surface area contributed by atoms with Crippen LogP contribution in [0.15, 0.2) is 24.3 Å². The van der Waals surface area contributed by atoms with E-state index in [1.54, 1.807) is 12.1 Å². The summed E-state index contributed by atoms with van der Waals surface area (Å²) in [5, 5.41) is 10.0. The lowest BCUT2D eigenvalue weighted by Crippen LogP contribution is -1.98. The van der Waals surface area contributed by atoms with Gasteiger partial charge in [-0.25, -0.2) is 4.79 Å². The highest BCUT2D eigenvalue weighted by atomic mass is 16.4. The molecule has 3 rings (SSSR count). The summed E-state index contributed by atoms with van der Waals surface area (Å²) in [5.41, 5.74) is 2.78. The zero-order chi connectivity index (χ0) is 11.3. The average Bonchev–Trinajstić information content (AvgIpc) is 2.86. The van der Waals surface area contributed by atoms with Crippen molar-refractivity contribution in [3.05, 3.63) is 35.5 Å². The Kier molecular flexibility index (Phi) is 1.70. The molecule has 1 aromatic carbocycles. The van der Waals surface area contributed by atoms with Crippen molar-refractivity contribution in [2.24, 2.45) is 0 Å². The molecule has 1 aliphatic carbocycles. The van der Waals surface area contributed by atoms with E-state index in [9.17, 15) is 4.79 Å². The SMILES string of the molecule is CC1(c2cc3ccc(C(=O)O)cc3[nH]2)CC1. The van der Waals surface area contributed by atoms with E-state index >= 15 is 0 Å². The van der Waals surface area contributed by atoms with Crippen molar-refractivity contribution < 1.29 is 9.90 Å². The van der Waals surface area contributed by atoms with Gasteiger partial charge in [-0.15, -0.1) is 0 Å². The summed E-state index contributed by atoms with van der Waals surface area (Å²) in [6, 6.07) is 7.35. The normalized spacial score (nSPS) is 17.6. The zero-order valence-corrected chi connectivity index (χ0v) is 9.08. The lowest BCUT2D eigenvalue weighted by atomic mass is 10.1. The topological polar surface area (TPSA) is 53.1 Å². The number of carbonyl (C=O) groups is 1. The summed E-state index contributed by atoms with van der Waals surface area (Å²) in [4.78, 5) is 14.2. The highest BCUT2D eigenvalue weighted by Crippen LogP contribution is 2.47. The van der Waals surface area contributed by atoms with Crippen LogP contribution in [0.2, 0.25) is 0 Å². The molecule has 1 aromatic heterocycles. The predicted molar refractivity (Wildman–Crippen MR) is 61.8 cm³/mol. The van der Waals surface area contributed by atoms with Crippen LogP contribution in [0.4, 0.5) is 0 Å². The van der Waals surface area contributed by atoms with Gasteiger partial charge in [0.15, 0.2) is 0 Å². The van der Waals surface area contributed by atoms with Gasteiger partial charge in [-0.3, -0.25) is 0 Å². The Labute approximate surface area is 93.1 Å². The molecule has 16 heavy (non-hydrogen) atoms. The summed E-state index contributed by atoms with van der Waals surface area (Å²) in [6.07, 6.45) is 2.43. The molecule has 1 aliphatic rings. The van der Waals surface area contributed by atoms with E-state index in [2.05, 4.69) is 18.0 Å². The standard InChI is InChI=1S/C13H13NO2/c1-13(4-5-13)11-7-8-2-3-9(12(15)16)6-10(8)14-11/h2-3,6-7,14H,4-5H2,1H3,(H,15,16). The quantitative estimate of drug-likeness (QED) is 0.809. The highest BCUT2D eigenvalue weighted by Gasteiger charge is 2.40. The number of benzene rings is 1. The van der Waals surface area contributed by atoms with Crippen LogP contribution in [-0.2, 0) is 5.41 Å². The number of carboxylic acid groups (broad SMARTS) is 1. The van der Waals surface area contributed by atoms with Gasteiger partial charge in [-0.05, 0) is 36.4 Å². The van der Waals surface area contributed by atoms with Gasteiger partial charge in [0.1, 0.15) is 0 Å². The molecule has 0 atom stereocenters. The molecule has 1 fully saturated rings. The zero-order valence-electron chi connectivity index (χ0n) is 9.08. The summed E-state index contributed by atoms with van der Waals surface area (Å²) in [5.74, 6) is -0.879. The Balaban J connectivity index is 2.14.